The van der Waals surface area contributed by atoms with Gasteiger partial charge in [0.2, 0.25) is 0 Å². The molecule has 0 aromatic heterocycles. The molecule has 1 heterocycles. The fourth-order valence-corrected chi connectivity index (χ4v) is 1.99. The molecule has 0 bridgehead atoms. The van der Waals surface area contributed by atoms with E-state index in [4.69, 9.17) is 9.84 Å². The fourth-order valence-electron chi connectivity index (χ4n) is 1.99. The Bertz CT molecular complexity index is 277. The molecular formula is C11H18F3NO3. The zero-order valence-electron chi connectivity index (χ0n) is 10.2. The van der Waals surface area contributed by atoms with E-state index < -0.39 is 24.6 Å². The number of carboxylic acid groups (broad SMARTS) is 1. The first-order valence-corrected chi connectivity index (χ1v) is 5.98. The molecular weight excluding hydrogens is 251 g/mol. The second-order valence-electron chi connectivity index (χ2n) is 4.42. The molecule has 0 radical (unpaired) electrons. The molecule has 1 N–H and O–H groups in total. The van der Waals surface area contributed by atoms with Crippen LogP contribution in [0.15, 0.2) is 0 Å². The Balaban J connectivity index is 2.56. The summed E-state index contributed by atoms with van der Waals surface area (Å²) in [5.41, 5.74) is 0. The average Bonchev–Trinajstić information content (AvgIpc) is 2.74. The monoisotopic (exact) mass is 269 g/mol. The summed E-state index contributed by atoms with van der Waals surface area (Å²) in [5, 5.41) is 8.64. The van der Waals surface area contributed by atoms with Gasteiger partial charge in [-0.05, 0) is 19.4 Å². The number of nitrogens with zero attached hydrogens (tertiary/aromatic N) is 1. The van der Waals surface area contributed by atoms with Gasteiger partial charge >= 0.3 is 12.1 Å². The normalized spacial score (nSPS) is 22.4. The zero-order valence-corrected chi connectivity index (χ0v) is 10.2. The van der Waals surface area contributed by atoms with Crippen molar-refractivity contribution in [3.8, 4) is 0 Å². The fraction of sp³-hybridized carbons (Fsp3) is 0.909. The summed E-state index contributed by atoms with van der Waals surface area (Å²) >= 11 is 0. The van der Waals surface area contributed by atoms with E-state index in [1.54, 1.807) is 6.92 Å². The predicted octanol–water partition coefficient (Wildman–Crippen LogP) is 1.75. The number of hydrogen-bond donors (Lipinski definition) is 1. The number of likely N-dealkylation sites (N-methyl/N-ethyl adjacent to an activating group) is 1. The van der Waals surface area contributed by atoms with E-state index in [9.17, 15) is 18.0 Å². The molecule has 1 fully saturated rings. The van der Waals surface area contributed by atoms with Gasteiger partial charge in [-0.3, -0.25) is 9.69 Å². The van der Waals surface area contributed by atoms with Crippen LogP contribution < -0.4 is 0 Å². The van der Waals surface area contributed by atoms with E-state index in [0.29, 0.717) is 19.7 Å². The summed E-state index contributed by atoms with van der Waals surface area (Å²) in [4.78, 5) is 12.1. The maximum atomic E-state index is 12.5. The van der Waals surface area contributed by atoms with Gasteiger partial charge in [-0.15, -0.1) is 0 Å². The van der Waals surface area contributed by atoms with Crippen molar-refractivity contribution >= 4 is 5.97 Å². The lowest BCUT2D eigenvalue weighted by Gasteiger charge is -2.27. The van der Waals surface area contributed by atoms with Gasteiger partial charge in [-0.1, -0.05) is 6.92 Å². The molecule has 1 rings (SSSR count). The Morgan fingerprint density at radius 3 is 2.61 bits per heavy atom. The van der Waals surface area contributed by atoms with Crippen LogP contribution in [0.4, 0.5) is 13.2 Å². The highest BCUT2D eigenvalue weighted by Gasteiger charge is 2.45. The lowest BCUT2D eigenvalue weighted by Crippen LogP contribution is -2.43. The topological polar surface area (TPSA) is 49.8 Å². The van der Waals surface area contributed by atoms with E-state index in [1.165, 1.54) is 4.90 Å². The van der Waals surface area contributed by atoms with E-state index in [2.05, 4.69) is 0 Å². The molecule has 1 saturated heterocycles. The number of aliphatic carboxylic acids is 1. The van der Waals surface area contributed by atoms with Crippen LogP contribution in [0, 0.1) is 5.92 Å². The van der Waals surface area contributed by atoms with Crippen molar-refractivity contribution in [2.45, 2.75) is 32.0 Å². The molecule has 0 saturated carbocycles. The molecule has 18 heavy (non-hydrogen) atoms. The van der Waals surface area contributed by atoms with Gasteiger partial charge < -0.3 is 9.84 Å². The van der Waals surface area contributed by atoms with Crippen LogP contribution in [0.3, 0.4) is 0 Å². The van der Waals surface area contributed by atoms with Crippen LogP contribution in [-0.4, -0.2) is 54.5 Å². The van der Waals surface area contributed by atoms with Gasteiger partial charge in [0.05, 0.1) is 6.10 Å². The number of ether oxygens (including phenoxy) is 1. The molecule has 1 aliphatic heterocycles. The third kappa shape index (κ3) is 4.45. The minimum atomic E-state index is -4.71. The highest BCUT2D eigenvalue weighted by molar-refractivity contribution is 5.71. The number of carbonyl (C=O) groups is 1. The second-order valence-corrected chi connectivity index (χ2v) is 4.42. The SMILES string of the molecule is CCN(CC1CCCO1)CC(C(=O)O)C(F)(F)F. The molecule has 0 spiro atoms. The summed E-state index contributed by atoms with van der Waals surface area (Å²) in [5.74, 6) is -4.16. The van der Waals surface area contributed by atoms with Crippen LogP contribution in [0.25, 0.3) is 0 Å². The largest absolute Gasteiger partial charge is 0.481 e. The molecule has 0 amide bonds. The minimum Gasteiger partial charge on any atom is -0.481 e. The zero-order chi connectivity index (χ0) is 13.8. The third-order valence-corrected chi connectivity index (χ3v) is 3.07. The standard InChI is InChI=1S/C11H18F3NO3/c1-2-15(6-8-4-3-5-18-8)7-9(10(16)17)11(12,13)14/h8-9H,2-7H2,1H3,(H,16,17). The smallest absolute Gasteiger partial charge is 0.403 e. The quantitative estimate of drug-likeness (QED) is 0.798. The van der Waals surface area contributed by atoms with Gasteiger partial charge in [0.15, 0.2) is 5.92 Å². The van der Waals surface area contributed by atoms with Gasteiger partial charge in [0.1, 0.15) is 0 Å². The number of carboxylic acids is 1. The maximum Gasteiger partial charge on any atom is 0.403 e. The van der Waals surface area contributed by atoms with Crippen LogP contribution in [-0.2, 0) is 9.53 Å². The van der Waals surface area contributed by atoms with Gasteiger partial charge in [-0.25, -0.2) is 0 Å². The first-order valence-electron chi connectivity index (χ1n) is 5.98. The van der Waals surface area contributed by atoms with Gasteiger partial charge in [0, 0.05) is 19.7 Å². The Morgan fingerprint density at radius 2 is 2.22 bits per heavy atom. The van der Waals surface area contributed by atoms with Gasteiger partial charge in [0.25, 0.3) is 0 Å². The molecule has 106 valence electrons. The molecule has 4 nitrogen and oxygen atoms in total. The van der Waals surface area contributed by atoms with Gasteiger partial charge in [-0.2, -0.15) is 13.2 Å². The maximum absolute atomic E-state index is 12.5. The number of alkyl halides is 3. The van der Waals surface area contributed by atoms with Crippen LogP contribution in [0.2, 0.25) is 0 Å². The van der Waals surface area contributed by atoms with E-state index in [1.807, 2.05) is 0 Å². The Hall–Kier alpha value is -0.820. The summed E-state index contributed by atoms with van der Waals surface area (Å²) < 4.78 is 43.0. The summed E-state index contributed by atoms with van der Waals surface area (Å²) in [6, 6.07) is 0. The second kappa shape index (κ2) is 6.38. The summed E-state index contributed by atoms with van der Waals surface area (Å²) in [6.45, 7) is 2.55. The Labute approximate surface area is 104 Å². The number of rotatable bonds is 6. The summed E-state index contributed by atoms with van der Waals surface area (Å²) in [6.07, 6.45) is -3.06. The molecule has 2 atom stereocenters. The van der Waals surface area contributed by atoms with Crippen LogP contribution in [0.5, 0.6) is 0 Å². The van der Waals surface area contributed by atoms with Crippen molar-refractivity contribution in [2.24, 2.45) is 5.92 Å². The molecule has 7 heteroatoms. The van der Waals surface area contributed by atoms with Crippen LogP contribution in [0.1, 0.15) is 19.8 Å². The highest BCUT2D eigenvalue weighted by Crippen LogP contribution is 2.27. The van der Waals surface area contributed by atoms with Crippen molar-refractivity contribution in [3.63, 3.8) is 0 Å². The van der Waals surface area contributed by atoms with Crippen LogP contribution >= 0.6 is 0 Å². The van der Waals surface area contributed by atoms with E-state index in [-0.39, 0.29) is 6.10 Å². The lowest BCUT2D eigenvalue weighted by molar-refractivity contribution is -0.196. The average molecular weight is 269 g/mol. The molecule has 0 aromatic carbocycles. The molecule has 0 aliphatic carbocycles. The molecule has 2 unspecified atom stereocenters. The first-order chi connectivity index (χ1) is 8.34. The Kier molecular flexibility index (Phi) is 5.40. The van der Waals surface area contributed by atoms with Crippen molar-refractivity contribution in [2.75, 3.05) is 26.2 Å². The number of hydrogen-bond acceptors (Lipinski definition) is 3. The highest BCUT2D eigenvalue weighted by atomic mass is 19.4. The summed E-state index contributed by atoms with van der Waals surface area (Å²) in [7, 11) is 0. The Morgan fingerprint density at radius 1 is 1.56 bits per heavy atom. The van der Waals surface area contributed by atoms with E-state index >= 15 is 0 Å². The predicted molar refractivity (Wildman–Crippen MR) is 58.3 cm³/mol. The minimum absolute atomic E-state index is 0.0763. The lowest BCUT2D eigenvalue weighted by atomic mass is 10.1. The van der Waals surface area contributed by atoms with Crippen molar-refractivity contribution < 1.29 is 27.8 Å². The van der Waals surface area contributed by atoms with Crippen molar-refractivity contribution in [3.05, 3.63) is 0 Å². The first kappa shape index (κ1) is 15.2. The molecule has 0 aromatic rings. The number of halogens is 3. The van der Waals surface area contributed by atoms with E-state index in [0.717, 1.165) is 12.8 Å². The van der Waals surface area contributed by atoms with Crippen molar-refractivity contribution in [1.82, 2.24) is 4.90 Å². The third-order valence-electron chi connectivity index (χ3n) is 3.07. The molecule has 1 aliphatic rings. The van der Waals surface area contributed by atoms with Crippen molar-refractivity contribution in [1.29, 1.82) is 0 Å².